The lowest BCUT2D eigenvalue weighted by molar-refractivity contribution is -0.384. The molecule has 224 valence electrons. The predicted molar refractivity (Wildman–Crippen MR) is 143 cm³/mol. The van der Waals surface area contributed by atoms with Crippen molar-refractivity contribution in [2.24, 2.45) is 11.8 Å². The molecule has 1 aliphatic carbocycles. The fourth-order valence-electron chi connectivity index (χ4n) is 5.41. The van der Waals surface area contributed by atoms with Crippen molar-refractivity contribution in [1.29, 1.82) is 0 Å². The standard InChI is InChI=1S/C29H32N2O11/c1-17(42-29(36)41-16-19-11-13-20(14-12-19)31(37)38)23-24(21-9-6-10-22(39-2)25(21)32)30(26(23)33)27(34)28(35)40-15-18-7-4-3-5-8-18/h3-5,7-8,11-14,17,21-24,27,34H,6,9-10,15-16H2,1-2H3/t17-,21-,22+,23-,24-,27?/m1/s1. The minimum Gasteiger partial charge on any atom is -0.457 e. The number of nitro benzene ring substituents is 1. The van der Waals surface area contributed by atoms with Crippen LogP contribution < -0.4 is 0 Å². The number of hydrogen-bond donors (Lipinski definition) is 1. The Morgan fingerprint density at radius 2 is 1.67 bits per heavy atom. The summed E-state index contributed by atoms with van der Waals surface area (Å²) >= 11 is 0. The van der Waals surface area contributed by atoms with Crippen molar-refractivity contribution in [3.8, 4) is 0 Å². The van der Waals surface area contributed by atoms with E-state index >= 15 is 0 Å². The number of ketones is 1. The highest BCUT2D eigenvalue weighted by Crippen LogP contribution is 2.42. The van der Waals surface area contributed by atoms with E-state index in [9.17, 15) is 34.4 Å². The Kier molecular flexibility index (Phi) is 9.86. The average molecular weight is 585 g/mol. The molecule has 2 aromatic carbocycles. The van der Waals surface area contributed by atoms with Crippen LogP contribution in [0.25, 0.3) is 0 Å². The summed E-state index contributed by atoms with van der Waals surface area (Å²) in [5, 5.41) is 21.7. The highest BCUT2D eigenvalue weighted by Gasteiger charge is 2.60. The number of ether oxygens (including phenoxy) is 4. The molecule has 1 heterocycles. The molecule has 1 amide bonds. The first-order chi connectivity index (χ1) is 20.1. The predicted octanol–water partition coefficient (Wildman–Crippen LogP) is 2.91. The largest absolute Gasteiger partial charge is 0.508 e. The molecule has 42 heavy (non-hydrogen) atoms. The summed E-state index contributed by atoms with van der Waals surface area (Å²) < 4.78 is 21.0. The number of esters is 1. The summed E-state index contributed by atoms with van der Waals surface area (Å²) in [4.78, 5) is 62.9. The van der Waals surface area contributed by atoms with E-state index in [0.29, 0.717) is 30.4 Å². The molecule has 0 spiro atoms. The number of aliphatic hydroxyl groups is 1. The van der Waals surface area contributed by atoms with Crippen molar-refractivity contribution in [3.05, 3.63) is 75.8 Å². The third kappa shape index (κ3) is 6.74. The zero-order valence-electron chi connectivity index (χ0n) is 23.1. The summed E-state index contributed by atoms with van der Waals surface area (Å²) in [6, 6.07) is 13.2. The van der Waals surface area contributed by atoms with Gasteiger partial charge in [0.15, 0.2) is 5.78 Å². The summed E-state index contributed by atoms with van der Waals surface area (Å²) in [5.41, 5.74) is 1.04. The Labute approximate surface area is 241 Å². The molecule has 1 saturated heterocycles. The molecule has 4 rings (SSSR count). The molecule has 1 N–H and O–H groups in total. The minimum absolute atomic E-state index is 0.117. The molecule has 1 saturated carbocycles. The normalized spacial score (nSPS) is 23.4. The van der Waals surface area contributed by atoms with E-state index < -0.39 is 59.3 Å². The van der Waals surface area contributed by atoms with E-state index in [-0.39, 0.29) is 24.7 Å². The fraction of sp³-hybridized carbons (Fsp3) is 0.448. The Morgan fingerprint density at radius 3 is 2.31 bits per heavy atom. The molecule has 13 heteroatoms. The maximum atomic E-state index is 13.3. The van der Waals surface area contributed by atoms with Crippen molar-refractivity contribution in [3.63, 3.8) is 0 Å². The number of amides is 1. The van der Waals surface area contributed by atoms with Gasteiger partial charge in [-0.15, -0.1) is 0 Å². The zero-order chi connectivity index (χ0) is 30.4. The molecular weight excluding hydrogens is 552 g/mol. The van der Waals surface area contributed by atoms with Crippen LogP contribution in [0.4, 0.5) is 10.5 Å². The van der Waals surface area contributed by atoms with Crippen LogP contribution in [-0.2, 0) is 46.5 Å². The van der Waals surface area contributed by atoms with E-state index in [1.807, 2.05) is 0 Å². The van der Waals surface area contributed by atoms with E-state index in [1.54, 1.807) is 30.3 Å². The van der Waals surface area contributed by atoms with E-state index in [4.69, 9.17) is 18.9 Å². The first kappa shape index (κ1) is 30.6. The number of carbonyl (C=O) groups excluding carboxylic acids is 4. The number of carbonyl (C=O) groups is 4. The number of nitrogens with zero attached hydrogens (tertiary/aromatic N) is 2. The number of rotatable bonds is 11. The molecule has 1 unspecified atom stereocenters. The van der Waals surface area contributed by atoms with Gasteiger partial charge in [-0.1, -0.05) is 30.3 Å². The van der Waals surface area contributed by atoms with E-state index in [1.165, 1.54) is 38.3 Å². The number of likely N-dealkylation sites (tertiary alicyclic amines) is 1. The van der Waals surface area contributed by atoms with Gasteiger partial charge in [0.25, 0.3) is 5.69 Å². The van der Waals surface area contributed by atoms with Crippen LogP contribution in [0.3, 0.4) is 0 Å². The summed E-state index contributed by atoms with van der Waals surface area (Å²) in [6.45, 7) is 1.10. The fourth-order valence-corrected chi connectivity index (χ4v) is 5.41. The molecular formula is C29H32N2O11. The van der Waals surface area contributed by atoms with Crippen LogP contribution in [-0.4, -0.2) is 70.3 Å². The third-order valence-corrected chi connectivity index (χ3v) is 7.58. The lowest BCUT2D eigenvalue weighted by Crippen LogP contribution is -2.72. The lowest BCUT2D eigenvalue weighted by atomic mass is 9.69. The molecule has 0 radical (unpaired) electrons. The number of aliphatic hydroxyl groups excluding tert-OH is 1. The average Bonchev–Trinajstić information content (AvgIpc) is 2.98. The third-order valence-electron chi connectivity index (χ3n) is 7.58. The number of methoxy groups -OCH3 is 1. The van der Waals surface area contributed by atoms with Crippen molar-refractivity contribution in [1.82, 2.24) is 4.90 Å². The van der Waals surface area contributed by atoms with Crippen molar-refractivity contribution >= 4 is 29.5 Å². The molecule has 2 aliphatic rings. The molecule has 1 aliphatic heterocycles. The second-order valence-corrected chi connectivity index (χ2v) is 10.2. The van der Waals surface area contributed by atoms with Crippen molar-refractivity contribution in [2.75, 3.05) is 7.11 Å². The van der Waals surface area contributed by atoms with Gasteiger partial charge in [0, 0.05) is 25.2 Å². The number of nitro groups is 1. The molecule has 6 atom stereocenters. The van der Waals surface area contributed by atoms with Crippen molar-refractivity contribution in [2.45, 2.75) is 63.9 Å². The van der Waals surface area contributed by atoms with Crippen LogP contribution >= 0.6 is 0 Å². The van der Waals surface area contributed by atoms with Gasteiger partial charge < -0.3 is 29.0 Å². The first-order valence-electron chi connectivity index (χ1n) is 13.5. The maximum absolute atomic E-state index is 13.3. The first-order valence-corrected chi connectivity index (χ1v) is 13.5. The van der Waals surface area contributed by atoms with Gasteiger partial charge in [0.2, 0.25) is 12.1 Å². The van der Waals surface area contributed by atoms with Gasteiger partial charge in [0.1, 0.15) is 25.4 Å². The van der Waals surface area contributed by atoms with Crippen LogP contribution in [0.1, 0.15) is 37.3 Å². The Bertz CT molecular complexity index is 1300. The summed E-state index contributed by atoms with van der Waals surface area (Å²) in [6.07, 6.45) is -3.36. The van der Waals surface area contributed by atoms with Gasteiger partial charge in [0.05, 0.1) is 16.9 Å². The number of hydrogen-bond acceptors (Lipinski definition) is 11. The molecule has 0 bridgehead atoms. The van der Waals surface area contributed by atoms with Gasteiger partial charge in [-0.3, -0.25) is 19.7 Å². The van der Waals surface area contributed by atoms with Gasteiger partial charge in [-0.25, -0.2) is 9.59 Å². The van der Waals surface area contributed by atoms with Gasteiger partial charge in [-0.2, -0.15) is 0 Å². The molecule has 0 aromatic heterocycles. The van der Waals surface area contributed by atoms with E-state index in [0.717, 1.165) is 4.90 Å². The highest BCUT2D eigenvalue weighted by atomic mass is 16.7. The lowest BCUT2D eigenvalue weighted by Gasteiger charge is -2.53. The summed E-state index contributed by atoms with van der Waals surface area (Å²) in [5.74, 6) is -3.83. The molecule has 2 fully saturated rings. The number of non-ortho nitro benzene ring substituents is 1. The zero-order valence-corrected chi connectivity index (χ0v) is 23.1. The van der Waals surface area contributed by atoms with Gasteiger partial charge >= 0.3 is 12.1 Å². The van der Waals surface area contributed by atoms with Crippen LogP contribution in [0.15, 0.2) is 54.6 Å². The second-order valence-electron chi connectivity index (χ2n) is 10.2. The van der Waals surface area contributed by atoms with E-state index in [2.05, 4.69) is 0 Å². The van der Waals surface area contributed by atoms with Crippen LogP contribution in [0, 0.1) is 22.0 Å². The highest BCUT2D eigenvalue weighted by molar-refractivity contribution is 5.95. The summed E-state index contributed by atoms with van der Waals surface area (Å²) in [7, 11) is 1.41. The minimum atomic E-state index is -1.97. The topological polar surface area (TPSA) is 172 Å². The van der Waals surface area contributed by atoms with Crippen LogP contribution in [0.2, 0.25) is 0 Å². The Morgan fingerprint density at radius 1 is 1.02 bits per heavy atom. The Hall–Kier alpha value is -4.36. The SMILES string of the molecule is CO[C@H]1CCC[C@H]([C@@H]2[C@@H]([C@@H](C)OC(=O)OCc3ccc([N+](=O)[O-])cc3)C(=O)N2C(O)C(=O)OCc2ccccc2)C1=O. The molecule has 2 aromatic rings. The smallest absolute Gasteiger partial charge is 0.457 e. The second kappa shape index (κ2) is 13.5. The number of benzene rings is 2. The maximum Gasteiger partial charge on any atom is 0.508 e. The number of Topliss-reactive ketones (excluding diaryl/α,β-unsaturated/α-hetero) is 1. The monoisotopic (exact) mass is 584 g/mol. The Balaban J connectivity index is 1.44. The number of β-lactam (4-membered cyclic amide) rings is 1. The molecule has 13 nitrogen and oxygen atoms in total. The van der Waals surface area contributed by atoms with Crippen LogP contribution in [0.5, 0.6) is 0 Å². The van der Waals surface area contributed by atoms with Gasteiger partial charge in [-0.05, 0) is 49.4 Å². The quantitative estimate of drug-likeness (QED) is 0.178. The van der Waals surface area contributed by atoms with Crippen molar-refractivity contribution < 1.29 is 48.2 Å².